The van der Waals surface area contributed by atoms with E-state index < -0.39 is 0 Å². The van der Waals surface area contributed by atoms with Gasteiger partial charge in [-0.3, -0.25) is 4.79 Å². The third kappa shape index (κ3) is 5.29. The predicted molar refractivity (Wildman–Crippen MR) is 104 cm³/mol. The van der Waals surface area contributed by atoms with E-state index in [1.54, 1.807) is 12.1 Å². The fraction of sp³-hybridized carbons (Fsp3) is 0.381. The second-order valence-corrected chi connectivity index (χ2v) is 6.12. The van der Waals surface area contributed by atoms with Gasteiger partial charge in [-0.25, -0.2) is 0 Å². The molecule has 0 aromatic heterocycles. The van der Waals surface area contributed by atoms with Crippen LogP contribution in [0.1, 0.15) is 29.3 Å². The smallest absolute Gasteiger partial charge is 0.251 e. The molecule has 1 N–H and O–H groups in total. The van der Waals surface area contributed by atoms with Gasteiger partial charge in [0.1, 0.15) is 12.4 Å². The summed E-state index contributed by atoms with van der Waals surface area (Å²) in [5.74, 6) is 1.88. The summed E-state index contributed by atoms with van der Waals surface area (Å²) >= 11 is 0. The van der Waals surface area contributed by atoms with Crippen molar-refractivity contribution in [2.24, 2.45) is 0 Å². The van der Waals surface area contributed by atoms with Gasteiger partial charge in [0, 0.05) is 5.56 Å². The molecule has 0 saturated carbocycles. The monoisotopic (exact) mass is 373 g/mol. The lowest BCUT2D eigenvalue weighted by atomic mass is 10.1. The van der Waals surface area contributed by atoms with E-state index in [-0.39, 0.29) is 11.9 Å². The van der Waals surface area contributed by atoms with Crippen LogP contribution in [-0.4, -0.2) is 39.9 Å². The molecule has 0 saturated heterocycles. The molecular weight excluding hydrogens is 346 g/mol. The summed E-state index contributed by atoms with van der Waals surface area (Å²) in [5, 5.41) is 2.99. The van der Waals surface area contributed by atoms with E-state index in [0.717, 1.165) is 17.7 Å². The SMILES string of the molecule is CC[C@@H](COc1cccc(C)c1)NC(=O)c1cc(OC)c(OC)c(OC)c1. The number of aryl methyl sites for hydroxylation is 1. The first-order valence-electron chi connectivity index (χ1n) is 8.82. The lowest BCUT2D eigenvalue weighted by Gasteiger charge is -2.19. The molecule has 0 radical (unpaired) electrons. The zero-order chi connectivity index (χ0) is 19.8. The van der Waals surface area contributed by atoms with Crippen LogP contribution < -0.4 is 24.3 Å². The topological polar surface area (TPSA) is 66.0 Å². The maximum atomic E-state index is 12.7. The average molecular weight is 373 g/mol. The van der Waals surface area contributed by atoms with Gasteiger partial charge in [-0.2, -0.15) is 0 Å². The molecule has 0 bridgehead atoms. The van der Waals surface area contributed by atoms with E-state index in [1.165, 1.54) is 21.3 Å². The Hall–Kier alpha value is -2.89. The first-order valence-corrected chi connectivity index (χ1v) is 8.82. The maximum absolute atomic E-state index is 12.7. The first kappa shape index (κ1) is 20.4. The van der Waals surface area contributed by atoms with E-state index in [0.29, 0.717) is 29.4 Å². The number of carbonyl (C=O) groups excluding carboxylic acids is 1. The molecule has 2 rings (SSSR count). The molecule has 146 valence electrons. The third-order valence-electron chi connectivity index (χ3n) is 4.20. The number of carbonyl (C=O) groups is 1. The highest BCUT2D eigenvalue weighted by molar-refractivity contribution is 5.95. The van der Waals surface area contributed by atoms with Gasteiger partial charge >= 0.3 is 0 Å². The summed E-state index contributed by atoms with van der Waals surface area (Å²) in [4.78, 5) is 12.7. The molecule has 0 heterocycles. The number of ether oxygens (including phenoxy) is 4. The van der Waals surface area contributed by atoms with Crippen LogP contribution in [0.2, 0.25) is 0 Å². The van der Waals surface area contributed by atoms with Crippen LogP contribution in [0.4, 0.5) is 0 Å². The minimum Gasteiger partial charge on any atom is -0.493 e. The highest BCUT2D eigenvalue weighted by Crippen LogP contribution is 2.38. The molecule has 0 unspecified atom stereocenters. The van der Waals surface area contributed by atoms with Crippen molar-refractivity contribution in [3.63, 3.8) is 0 Å². The van der Waals surface area contributed by atoms with E-state index in [1.807, 2.05) is 38.1 Å². The molecule has 0 aliphatic carbocycles. The van der Waals surface area contributed by atoms with Crippen LogP contribution in [0, 0.1) is 6.92 Å². The zero-order valence-corrected chi connectivity index (χ0v) is 16.5. The Morgan fingerprint density at radius 3 is 2.22 bits per heavy atom. The number of rotatable bonds is 9. The van der Waals surface area contributed by atoms with Crippen LogP contribution >= 0.6 is 0 Å². The minimum absolute atomic E-state index is 0.128. The summed E-state index contributed by atoms with van der Waals surface area (Å²) in [6, 6.07) is 11.0. The molecule has 27 heavy (non-hydrogen) atoms. The minimum atomic E-state index is -0.228. The molecule has 0 fully saturated rings. The second kappa shape index (κ2) is 9.71. The summed E-state index contributed by atoms with van der Waals surface area (Å²) in [6.45, 7) is 4.40. The van der Waals surface area contributed by atoms with Crippen molar-refractivity contribution in [3.05, 3.63) is 47.5 Å². The van der Waals surface area contributed by atoms with Gasteiger partial charge in [-0.15, -0.1) is 0 Å². The lowest BCUT2D eigenvalue weighted by Crippen LogP contribution is -2.38. The highest BCUT2D eigenvalue weighted by atomic mass is 16.5. The van der Waals surface area contributed by atoms with Crippen LogP contribution in [0.5, 0.6) is 23.0 Å². The lowest BCUT2D eigenvalue weighted by molar-refractivity contribution is 0.0919. The van der Waals surface area contributed by atoms with Gasteiger partial charge in [0.05, 0.1) is 27.4 Å². The normalized spacial score (nSPS) is 11.4. The van der Waals surface area contributed by atoms with Crippen molar-refractivity contribution in [1.82, 2.24) is 5.32 Å². The molecule has 0 aliphatic heterocycles. The Balaban J connectivity index is 2.09. The second-order valence-electron chi connectivity index (χ2n) is 6.12. The fourth-order valence-corrected chi connectivity index (χ4v) is 2.64. The van der Waals surface area contributed by atoms with Gasteiger partial charge in [-0.1, -0.05) is 19.1 Å². The number of hydrogen-bond donors (Lipinski definition) is 1. The third-order valence-corrected chi connectivity index (χ3v) is 4.20. The van der Waals surface area contributed by atoms with E-state index in [2.05, 4.69) is 5.32 Å². The first-order chi connectivity index (χ1) is 13.0. The Kier molecular flexibility index (Phi) is 7.34. The summed E-state index contributed by atoms with van der Waals surface area (Å²) in [6.07, 6.45) is 0.738. The molecule has 1 amide bonds. The summed E-state index contributed by atoms with van der Waals surface area (Å²) < 4.78 is 21.7. The molecule has 6 heteroatoms. The van der Waals surface area contributed by atoms with E-state index in [9.17, 15) is 4.79 Å². The molecule has 0 spiro atoms. The molecule has 2 aromatic carbocycles. The number of methoxy groups -OCH3 is 3. The highest BCUT2D eigenvalue weighted by Gasteiger charge is 2.19. The van der Waals surface area contributed by atoms with Crippen LogP contribution in [0.3, 0.4) is 0 Å². The molecule has 6 nitrogen and oxygen atoms in total. The fourth-order valence-electron chi connectivity index (χ4n) is 2.64. The Labute approximate surface area is 160 Å². The largest absolute Gasteiger partial charge is 0.493 e. The molecule has 2 aromatic rings. The zero-order valence-electron chi connectivity index (χ0n) is 16.5. The van der Waals surface area contributed by atoms with Crippen molar-refractivity contribution in [3.8, 4) is 23.0 Å². The van der Waals surface area contributed by atoms with Crippen LogP contribution in [0.15, 0.2) is 36.4 Å². The average Bonchev–Trinajstić information content (AvgIpc) is 2.69. The predicted octanol–water partition coefficient (Wildman–Crippen LogP) is 3.61. The summed E-state index contributed by atoms with van der Waals surface area (Å²) in [5.41, 5.74) is 1.56. The Morgan fingerprint density at radius 2 is 1.70 bits per heavy atom. The number of amides is 1. The quantitative estimate of drug-likeness (QED) is 0.727. The number of nitrogens with one attached hydrogen (secondary N) is 1. The number of benzene rings is 2. The van der Waals surface area contributed by atoms with Crippen molar-refractivity contribution in [2.45, 2.75) is 26.3 Å². The van der Waals surface area contributed by atoms with Crippen LogP contribution in [0.25, 0.3) is 0 Å². The van der Waals surface area contributed by atoms with E-state index in [4.69, 9.17) is 18.9 Å². The van der Waals surface area contributed by atoms with E-state index >= 15 is 0 Å². The van der Waals surface area contributed by atoms with Crippen LogP contribution in [-0.2, 0) is 0 Å². The number of hydrogen-bond acceptors (Lipinski definition) is 5. The van der Waals surface area contributed by atoms with Crippen molar-refractivity contribution in [2.75, 3.05) is 27.9 Å². The molecular formula is C21H27NO5. The van der Waals surface area contributed by atoms with Crippen molar-refractivity contribution < 1.29 is 23.7 Å². The Bertz CT molecular complexity index is 750. The van der Waals surface area contributed by atoms with Crippen molar-refractivity contribution in [1.29, 1.82) is 0 Å². The Morgan fingerprint density at radius 1 is 1.04 bits per heavy atom. The standard InChI is InChI=1S/C21H27NO5/c1-6-16(13-27-17-9-7-8-14(2)10-17)22-21(23)15-11-18(24-3)20(26-5)19(12-15)25-4/h7-12,16H,6,13H2,1-5H3,(H,22,23)/t16-/m0/s1. The van der Waals surface area contributed by atoms with Gasteiger partial charge in [-0.05, 0) is 43.2 Å². The molecule has 0 aliphatic rings. The summed E-state index contributed by atoms with van der Waals surface area (Å²) in [7, 11) is 4.56. The van der Waals surface area contributed by atoms with Gasteiger partial charge in [0.2, 0.25) is 5.75 Å². The molecule has 1 atom stereocenters. The van der Waals surface area contributed by atoms with Gasteiger partial charge < -0.3 is 24.3 Å². The maximum Gasteiger partial charge on any atom is 0.251 e. The van der Waals surface area contributed by atoms with Crippen molar-refractivity contribution >= 4 is 5.91 Å². The van der Waals surface area contributed by atoms with Gasteiger partial charge in [0.15, 0.2) is 11.5 Å². The van der Waals surface area contributed by atoms with Gasteiger partial charge in [0.25, 0.3) is 5.91 Å².